The van der Waals surface area contributed by atoms with Crippen LogP contribution >= 0.6 is 0 Å². The van der Waals surface area contributed by atoms with E-state index in [9.17, 15) is 20.1 Å². The van der Waals surface area contributed by atoms with E-state index in [1.54, 1.807) is 0 Å². The summed E-state index contributed by atoms with van der Waals surface area (Å²) in [4.78, 5) is 12.6. The first kappa shape index (κ1) is 47.1. The quantitative estimate of drug-likeness (QED) is 0.0507. The maximum Gasteiger partial charge on any atom is 0.305 e. The van der Waals surface area contributed by atoms with Crippen LogP contribution in [-0.2, 0) is 19.0 Å². The third kappa shape index (κ3) is 12.3. The minimum Gasteiger partial charge on any atom is -0.463 e. The van der Waals surface area contributed by atoms with Gasteiger partial charge in [0, 0.05) is 6.42 Å². The van der Waals surface area contributed by atoms with Crippen LogP contribution in [-0.4, -0.2) is 64.7 Å². The number of fused-ring (bicyclic) bond motifs is 5. The van der Waals surface area contributed by atoms with Gasteiger partial charge < -0.3 is 29.5 Å². The van der Waals surface area contributed by atoms with E-state index >= 15 is 0 Å². The monoisotopic (exact) mass is 801 g/mol. The highest BCUT2D eigenvalue weighted by Crippen LogP contribution is 2.67. The van der Waals surface area contributed by atoms with Gasteiger partial charge in [-0.15, -0.1) is 0 Å². The van der Waals surface area contributed by atoms with Gasteiger partial charge in [0.2, 0.25) is 0 Å². The number of ether oxygens (including phenoxy) is 3. The number of aliphatic hydroxyl groups is 3. The van der Waals surface area contributed by atoms with Gasteiger partial charge in [-0.2, -0.15) is 0 Å². The third-order valence-electron chi connectivity index (χ3n) is 16.4. The van der Waals surface area contributed by atoms with Gasteiger partial charge in [0.15, 0.2) is 6.29 Å². The first-order chi connectivity index (χ1) is 27.4. The molecule has 0 amide bonds. The summed E-state index contributed by atoms with van der Waals surface area (Å²) in [6.07, 6.45) is 27.6. The van der Waals surface area contributed by atoms with Crippen molar-refractivity contribution in [3.63, 3.8) is 0 Å². The summed E-state index contributed by atoms with van der Waals surface area (Å²) in [5.74, 6) is 4.45. The number of carbonyl (C=O) groups excluding carboxylic acids is 1. The maximum absolute atomic E-state index is 12.6. The van der Waals surface area contributed by atoms with Crippen molar-refractivity contribution in [2.24, 2.45) is 46.3 Å². The molecule has 13 atom stereocenters. The summed E-state index contributed by atoms with van der Waals surface area (Å²) < 4.78 is 18.0. The van der Waals surface area contributed by atoms with Gasteiger partial charge in [0.1, 0.15) is 31.0 Å². The molecule has 5 rings (SSSR count). The van der Waals surface area contributed by atoms with Crippen LogP contribution in [0.5, 0.6) is 0 Å². The van der Waals surface area contributed by atoms with Crippen LogP contribution in [0.25, 0.3) is 0 Å². The summed E-state index contributed by atoms with van der Waals surface area (Å²) in [7, 11) is 0. The van der Waals surface area contributed by atoms with Crippen molar-refractivity contribution in [2.45, 2.75) is 245 Å². The lowest BCUT2D eigenvalue weighted by atomic mass is 9.47. The molecule has 330 valence electrons. The molecule has 0 aromatic rings. The van der Waals surface area contributed by atoms with E-state index < -0.39 is 30.7 Å². The van der Waals surface area contributed by atoms with Crippen LogP contribution in [0.15, 0.2) is 11.6 Å². The first-order valence-corrected chi connectivity index (χ1v) is 24.6. The molecule has 1 heterocycles. The lowest BCUT2D eigenvalue weighted by molar-refractivity contribution is -0.313. The Morgan fingerprint density at radius 3 is 2.07 bits per heavy atom. The minimum atomic E-state index is -1.44. The molecule has 4 fully saturated rings. The van der Waals surface area contributed by atoms with Crippen molar-refractivity contribution < 1.29 is 34.3 Å². The number of rotatable bonds is 24. The first-order valence-electron chi connectivity index (χ1n) is 24.6. The van der Waals surface area contributed by atoms with Gasteiger partial charge in [-0.25, -0.2) is 0 Å². The number of unbranched alkanes of at least 4 members (excludes halogenated alkanes) is 13. The Morgan fingerprint density at radius 1 is 0.772 bits per heavy atom. The molecule has 0 radical (unpaired) electrons. The SMILES string of the molecule is CCCCCCCCCCCCCCCCC(=O)OCC1OC(OC2CCC3(C)C(=CCC4C3CCC3(C)C(C(C)CCCC(C)C)CCC43)C2)C(O)C(O)C1O. The highest BCUT2D eigenvalue weighted by atomic mass is 16.7. The molecule has 3 saturated carbocycles. The van der Waals surface area contributed by atoms with Gasteiger partial charge >= 0.3 is 5.97 Å². The Balaban J connectivity index is 1.02. The van der Waals surface area contributed by atoms with E-state index in [4.69, 9.17) is 14.2 Å². The minimum absolute atomic E-state index is 0.136. The van der Waals surface area contributed by atoms with Crippen LogP contribution < -0.4 is 0 Å². The van der Waals surface area contributed by atoms with Crippen molar-refractivity contribution >= 4 is 5.97 Å². The molecule has 0 aromatic carbocycles. The van der Waals surface area contributed by atoms with Crippen molar-refractivity contribution in [1.82, 2.24) is 0 Å². The molecule has 0 spiro atoms. The Hall–Kier alpha value is -0.990. The molecule has 4 aliphatic carbocycles. The van der Waals surface area contributed by atoms with Crippen molar-refractivity contribution in [2.75, 3.05) is 6.61 Å². The highest BCUT2D eigenvalue weighted by Gasteiger charge is 2.59. The molecular weight excluding hydrogens is 713 g/mol. The second kappa shape index (κ2) is 22.7. The Morgan fingerprint density at radius 2 is 1.42 bits per heavy atom. The second-order valence-corrected chi connectivity index (χ2v) is 20.8. The van der Waals surface area contributed by atoms with E-state index in [0.29, 0.717) is 17.8 Å². The van der Waals surface area contributed by atoms with E-state index in [2.05, 4.69) is 47.6 Å². The molecule has 3 N–H and O–H groups in total. The van der Waals surface area contributed by atoms with Crippen LogP contribution in [0.1, 0.15) is 208 Å². The molecule has 57 heavy (non-hydrogen) atoms. The predicted octanol–water partition coefficient (Wildman–Crippen LogP) is 11.6. The summed E-state index contributed by atoms with van der Waals surface area (Å²) in [6, 6.07) is 0. The lowest BCUT2D eigenvalue weighted by Crippen LogP contribution is -2.60. The van der Waals surface area contributed by atoms with Gasteiger partial charge in [0.25, 0.3) is 0 Å². The van der Waals surface area contributed by atoms with Gasteiger partial charge in [-0.1, -0.05) is 156 Å². The number of carbonyl (C=O) groups is 1. The number of hydrogen-bond acceptors (Lipinski definition) is 7. The van der Waals surface area contributed by atoms with Crippen molar-refractivity contribution in [3.8, 4) is 0 Å². The van der Waals surface area contributed by atoms with E-state index in [1.807, 2.05) is 0 Å². The predicted molar refractivity (Wildman–Crippen MR) is 230 cm³/mol. The summed E-state index contributed by atoms with van der Waals surface area (Å²) in [5, 5.41) is 32.5. The van der Waals surface area contributed by atoms with Crippen LogP contribution in [0.4, 0.5) is 0 Å². The molecule has 1 aliphatic heterocycles. The fourth-order valence-electron chi connectivity index (χ4n) is 12.8. The fourth-order valence-corrected chi connectivity index (χ4v) is 12.8. The van der Waals surface area contributed by atoms with E-state index in [1.165, 1.54) is 121 Å². The molecule has 0 aromatic heterocycles. The average Bonchev–Trinajstić information content (AvgIpc) is 3.55. The Kier molecular flexibility index (Phi) is 18.8. The molecule has 7 nitrogen and oxygen atoms in total. The third-order valence-corrected chi connectivity index (χ3v) is 16.4. The number of hydrogen-bond donors (Lipinski definition) is 3. The fraction of sp³-hybridized carbons (Fsp3) is 0.940. The zero-order chi connectivity index (χ0) is 41.0. The Labute approximate surface area is 349 Å². The largest absolute Gasteiger partial charge is 0.463 e. The van der Waals surface area contributed by atoms with E-state index in [0.717, 1.165) is 74.5 Å². The number of aliphatic hydroxyl groups excluding tert-OH is 3. The highest BCUT2D eigenvalue weighted by molar-refractivity contribution is 5.69. The van der Waals surface area contributed by atoms with E-state index in [-0.39, 0.29) is 24.1 Å². The maximum atomic E-state index is 12.6. The van der Waals surface area contributed by atoms with Gasteiger partial charge in [-0.05, 0) is 104 Å². The molecule has 13 unspecified atom stereocenters. The van der Waals surface area contributed by atoms with Gasteiger partial charge in [-0.3, -0.25) is 4.79 Å². The molecular formula is C50H88O7. The smallest absolute Gasteiger partial charge is 0.305 e. The van der Waals surface area contributed by atoms with Crippen molar-refractivity contribution in [1.29, 1.82) is 0 Å². The van der Waals surface area contributed by atoms with Crippen LogP contribution in [0.2, 0.25) is 0 Å². The number of allylic oxidation sites excluding steroid dienone is 1. The number of esters is 1. The van der Waals surface area contributed by atoms with Crippen LogP contribution in [0, 0.1) is 46.3 Å². The molecule has 7 heteroatoms. The normalized spacial score (nSPS) is 37.0. The summed E-state index contributed by atoms with van der Waals surface area (Å²) in [5.41, 5.74) is 2.15. The lowest BCUT2D eigenvalue weighted by Gasteiger charge is -2.58. The zero-order valence-corrected chi connectivity index (χ0v) is 37.6. The Bertz CT molecular complexity index is 1220. The molecule has 1 saturated heterocycles. The second-order valence-electron chi connectivity index (χ2n) is 20.8. The standard InChI is InChI=1S/C50H88O7/c1-7-8-9-10-11-12-13-14-15-16-17-18-19-20-24-44(51)55-34-43-45(52)46(53)47(54)48(57-43)56-38-29-31-49(5)37(33-38)25-26-39-41-28-27-40(36(4)23-21-22-35(2)3)50(41,6)32-30-42(39)49/h25,35-36,38-43,45-48,52-54H,7-24,26-34H2,1-6H3. The summed E-state index contributed by atoms with van der Waals surface area (Å²) >= 11 is 0. The molecule has 5 aliphatic rings. The van der Waals surface area contributed by atoms with Crippen molar-refractivity contribution in [3.05, 3.63) is 11.6 Å². The van der Waals surface area contributed by atoms with Crippen LogP contribution in [0.3, 0.4) is 0 Å². The summed E-state index contributed by atoms with van der Waals surface area (Å²) in [6.45, 7) is 14.5. The topological polar surface area (TPSA) is 105 Å². The van der Waals surface area contributed by atoms with Gasteiger partial charge in [0.05, 0.1) is 6.10 Å². The zero-order valence-electron chi connectivity index (χ0n) is 37.6. The average molecular weight is 801 g/mol. The molecule has 0 bridgehead atoms.